The number of fused-ring (bicyclic) bond motifs is 1. The van der Waals surface area contributed by atoms with Gasteiger partial charge in [0, 0.05) is 36.6 Å². The standard InChI is InChI=1S/C15H18FN3O2/c1-9-14(12-8-11(16)4-5-13(12)19-9)15(21)18-7-3-6-17-10(2)20/h4-5,8,19H,3,6-7H2,1-2H3,(H,17,20)(H,18,21). The molecule has 1 aromatic heterocycles. The topological polar surface area (TPSA) is 74.0 Å². The minimum Gasteiger partial charge on any atom is -0.358 e. The zero-order valence-corrected chi connectivity index (χ0v) is 12.0. The molecule has 0 fully saturated rings. The maximum absolute atomic E-state index is 13.3. The van der Waals surface area contributed by atoms with Crippen LogP contribution in [0.15, 0.2) is 18.2 Å². The van der Waals surface area contributed by atoms with Crippen molar-refractivity contribution in [1.29, 1.82) is 0 Å². The van der Waals surface area contributed by atoms with Gasteiger partial charge in [0.05, 0.1) is 5.56 Å². The highest BCUT2D eigenvalue weighted by Gasteiger charge is 2.16. The summed E-state index contributed by atoms with van der Waals surface area (Å²) in [6.07, 6.45) is 0.640. The van der Waals surface area contributed by atoms with Crippen molar-refractivity contribution < 1.29 is 14.0 Å². The van der Waals surface area contributed by atoms with Crippen molar-refractivity contribution in [3.8, 4) is 0 Å². The van der Waals surface area contributed by atoms with E-state index < -0.39 is 0 Å². The number of hydrogen-bond donors (Lipinski definition) is 3. The maximum atomic E-state index is 13.3. The molecule has 112 valence electrons. The lowest BCUT2D eigenvalue weighted by molar-refractivity contribution is -0.118. The largest absolute Gasteiger partial charge is 0.358 e. The second kappa shape index (κ2) is 6.39. The summed E-state index contributed by atoms with van der Waals surface area (Å²) < 4.78 is 13.3. The van der Waals surface area contributed by atoms with Crippen LogP contribution < -0.4 is 10.6 Å². The molecule has 0 aliphatic carbocycles. The first-order valence-corrected chi connectivity index (χ1v) is 6.79. The van der Waals surface area contributed by atoms with Crippen molar-refractivity contribution in [3.05, 3.63) is 35.3 Å². The fourth-order valence-electron chi connectivity index (χ4n) is 2.23. The first kappa shape index (κ1) is 15.0. The van der Waals surface area contributed by atoms with E-state index in [0.29, 0.717) is 36.2 Å². The molecule has 2 amide bonds. The number of hydrogen-bond acceptors (Lipinski definition) is 2. The molecule has 0 spiro atoms. The molecule has 0 saturated heterocycles. The van der Waals surface area contributed by atoms with E-state index in [0.717, 1.165) is 5.52 Å². The molecule has 0 radical (unpaired) electrons. The summed E-state index contributed by atoms with van der Waals surface area (Å²) in [7, 11) is 0. The van der Waals surface area contributed by atoms with Gasteiger partial charge in [-0.05, 0) is 31.5 Å². The molecule has 0 aliphatic heterocycles. The summed E-state index contributed by atoms with van der Waals surface area (Å²) >= 11 is 0. The summed E-state index contributed by atoms with van der Waals surface area (Å²) in [4.78, 5) is 26.0. The van der Waals surface area contributed by atoms with Crippen LogP contribution in [0, 0.1) is 12.7 Å². The third-order valence-electron chi connectivity index (χ3n) is 3.19. The van der Waals surface area contributed by atoms with Crippen LogP contribution in [-0.4, -0.2) is 29.9 Å². The van der Waals surface area contributed by atoms with Crippen molar-refractivity contribution in [1.82, 2.24) is 15.6 Å². The summed E-state index contributed by atoms with van der Waals surface area (Å²) in [6, 6.07) is 4.32. The van der Waals surface area contributed by atoms with Crippen molar-refractivity contribution >= 4 is 22.7 Å². The predicted molar refractivity (Wildman–Crippen MR) is 78.6 cm³/mol. The summed E-state index contributed by atoms with van der Waals surface area (Å²) in [5, 5.41) is 6.01. The van der Waals surface area contributed by atoms with Gasteiger partial charge in [-0.15, -0.1) is 0 Å². The Morgan fingerprint density at radius 1 is 1.24 bits per heavy atom. The smallest absolute Gasteiger partial charge is 0.253 e. The average Bonchev–Trinajstić information content (AvgIpc) is 2.73. The molecular formula is C15H18FN3O2. The predicted octanol–water partition coefficient (Wildman–Crippen LogP) is 1.87. The summed E-state index contributed by atoms with van der Waals surface area (Å²) in [6.45, 7) is 4.18. The molecule has 5 nitrogen and oxygen atoms in total. The third-order valence-corrected chi connectivity index (χ3v) is 3.19. The van der Waals surface area contributed by atoms with E-state index in [1.54, 1.807) is 13.0 Å². The second-order valence-corrected chi connectivity index (χ2v) is 4.91. The molecular weight excluding hydrogens is 273 g/mol. The number of aromatic nitrogens is 1. The minimum atomic E-state index is -0.374. The number of aromatic amines is 1. The highest BCUT2D eigenvalue weighted by molar-refractivity contribution is 6.08. The van der Waals surface area contributed by atoms with Crippen molar-refractivity contribution in [2.75, 3.05) is 13.1 Å². The lowest BCUT2D eigenvalue weighted by atomic mass is 10.1. The van der Waals surface area contributed by atoms with Gasteiger partial charge in [0.25, 0.3) is 5.91 Å². The van der Waals surface area contributed by atoms with Crippen molar-refractivity contribution in [3.63, 3.8) is 0 Å². The molecule has 1 heterocycles. The van der Waals surface area contributed by atoms with Crippen LogP contribution in [0.4, 0.5) is 4.39 Å². The number of nitrogens with one attached hydrogen (secondary N) is 3. The highest BCUT2D eigenvalue weighted by atomic mass is 19.1. The van der Waals surface area contributed by atoms with Crippen LogP contribution in [0.3, 0.4) is 0 Å². The molecule has 2 aromatic rings. The van der Waals surface area contributed by atoms with Gasteiger partial charge in [0.15, 0.2) is 0 Å². The lowest BCUT2D eigenvalue weighted by Crippen LogP contribution is -2.29. The van der Waals surface area contributed by atoms with Crippen LogP contribution >= 0.6 is 0 Å². The number of rotatable bonds is 5. The van der Waals surface area contributed by atoms with E-state index in [1.807, 2.05) is 0 Å². The Balaban J connectivity index is 2.04. The number of carbonyl (C=O) groups excluding carboxylic acids is 2. The van der Waals surface area contributed by atoms with E-state index in [4.69, 9.17) is 0 Å². The summed E-state index contributed by atoms with van der Waals surface area (Å²) in [5.41, 5.74) is 1.90. The number of H-pyrrole nitrogens is 1. The van der Waals surface area contributed by atoms with Gasteiger partial charge in [-0.3, -0.25) is 9.59 Å². The fraction of sp³-hybridized carbons (Fsp3) is 0.333. The Morgan fingerprint density at radius 2 is 1.95 bits per heavy atom. The molecule has 6 heteroatoms. The van der Waals surface area contributed by atoms with Gasteiger partial charge in [-0.2, -0.15) is 0 Å². The van der Waals surface area contributed by atoms with Crippen LogP contribution in [0.2, 0.25) is 0 Å². The van der Waals surface area contributed by atoms with Gasteiger partial charge in [-0.25, -0.2) is 4.39 Å². The van der Waals surface area contributed by atoms with Crippen LogP contribution in [-0.2, 0) is 4.79 Å². The zero-order valence-electron chi connectivity index (χ0n) is 12.0. The van der Waals surface area contributed by atoms with Crippen LogP contribution in [0.5, 0.6) is 0 Å². The van der Waals surface area contributed by atoms with E-state index in [9.17, 15) is 14.0 Å². The average molecular weight is 291 g/mol. The molecule has 0 aliphatic rings. The maximum Gasteiger partial charge on any atom is 0.253 e. The summed E-state index contributed by atoms with van der Waals surface area (Å²) in [5.74, 6) is -0.711. The molecule has 21 heavy (non-hydrogen) atoms. The van der Waals surface area contributed by atoms with Gasteiger partial charge < -0.3 is 15.6 Å². The quantitative estimate of drug-likeness (QED) is 0.736. The number of halogens is 1. The molecule has 0 atom stereocenters. The SMILES string of the molecule is CC(=O)NCCCNC(=O)c1c(C)[nH]c2ccc(F)cc12. The molecule has 1 aromatic carbocycles. The van der Waals surface area contributed by atoms with E-state index in [-0.39, 0.29) is 17.6 Å². The number of benzene rings is 1. The van der Waals surface area contributed by atoms with Gasteiger partial charge in [0.1, 0.15) is 5.82 Å². The van der Waals surface area contributed by atoms with Crippen LogP contribution in [0.25, 0.3) is 10.9 Å². The van der Waals surface area contributed by atoms with E-state index >= 15 is 0 Å². The first-order valence-electron chi connectivity index (χ1n) is 6.79. The minimum absolute atomic E-state index is 0.0933. The molecule has 3 N–H and O–H groups in total. The highest BCUT2D eigenvalue weighted by Crippen LogP contribution is 2.22. The Labute approximate surface area is 121 Å². The lowest BCUT2D eigenvalue weighted by Gasteiger charge is -2.06. The van der Waals surface area contributed by atoms with Crippen LogP contribution in [0.1, 0.15) is 29.4 Å². The van der Waals surface area contributed by atoms with Crippen molar-refractivity contribution in [2.45, 2.75) is 20.3 Å². The third kappa shape index (κ3) is 3.59. The number of amides is 2. The molecule has 0 bridgehead atoms. The molecule has 2 rings (SSSR count). The zero-order chi connectivity index (χ0) is 15.4. The van der Waals surface area contributed by atoms with E-state index in [1.165, 1.54) is 19.1 Å². The van der Waals surface area contributed by atoms with Gasteiger partial charge in [-0.1, -0.05) is 0 Å². The Kier molecular flexibility index (Phi) is 4.57. The number of carbonyl (C=O) groups is 2. The second-order valence-electron chi connectivity index (χ2n) is 4.91. The fourth-order valence-corrected chi connectivity index (χ4v) is 2.23. The van der Waals surface area contributed by atoms with Gasteiger partial charge in [0.2, 0.25) is 5.91 Å². The molecule has 0 unspecified atom stereocenters. The van der Waals surface area contributed by atoms with E-state index in [2.05, 4.69) is 15.6 Å². The number of aryl methyl sites for hydroxylation is 1. The Hall–Kier alpha value is -2.37. The van der Waals surface area contributed by atoms with Gasteiger partial charge >= 0.3 is 0 Å². The Bertz CT molecular complexity index is 679. The Morgan fingerprint density at radius 3 is 2.67 bits per heavy atom. The normalized spacial score (nSPS) is 10.6. The molecule has 0 saturated carbocycles. The first-order chi connectivity index (χ1) is 9.99. The van der Waals surface area contributed by atoms with Crippen molar-refractivity contribution in [2.24, 2.45) is 0 Å². The monoisotopic (exact) mass is 291 g/mol.